The first-order valence-electron chi connectivity index (χ1n) is 5.27. The fraction of sp³-hybridized carbons (Fsp3) is 0.167. The lowest BCUT2D eigenvalue weighted by molar-refractivity contribution is 0.0690. The number of rotatable bonds is 4. The van der Waals surface area contributed by atoms with E-state index in [1.54, 1.807) is 0 Å². The van der Waals surface area contributed by atoms with E-state index in [0.717, 1.165) is 0 Å². The highest BCUT2D eigenvalue weighted by molar-refractivity contribution is 5.87. The van der Waals surface area contributed by atoms with E-state index in [4.69, 9.17) is 14.6 Å². The van der Waals surface area contributed by atoms with E-state index < -0.39 is 11.8 Å². The summed E-state index contributed by atoms with van der Waals surface area (Å²) < 4.78 is 24.0. The van der Waals surface area contributed by atoms with Gasteiger partial charge in [0, 0.05) is 11.6 Å². The van der Waals surface area contributed by atoms with Gasteiger partial charge in [0.25, 0.3) is 0 Å². The Morgan fingerprint density at radius 2 is 2.05 bits per heavy atom. The maximum atomic E-state index is 14.1. The molecule has 0 fully saturated rings. The van der Waals surface area contributed by atoms with Crippen LogP contribution in [0.15, 0.2) is 18.2 Å². The number of ether oxygens (including phenoxy) is 2. The molecule has 19 heavy (non-hydrogen) atoms. The molecule has 7 heteroatoms. The molecule has 0 saturated carbocycles. The molecule has 2 N–H and O–H groups in total. The topological polar surface area (TPSA) is 84.4 Å². The summed E-state index contributed by atoms with van der Waals surface area (Å²) in [5, 5.41) is 14.9. The number of nitrogens with one attached hydrogen (secondary N) is 1. The number of carboxylic acids is 1. The van der Waals surface area contributed by atoms with Crippen molar-refractivity contribution >= 4 is 5.97 Å². The summed E-state index contributed by atoms with van der Waals surface area (Å²) in [6.07, 6.45) is 0. The molecule has 2 rings (SSSR count). The highest BCUT2D eigenvalue weighted by atomic mass is 19.1. The van der Waals surface area contributed by atoms with Crippen molar-refractivity contribution in [2.75, 3.05) is 14.2 Å². The van der Waals surface area contributed by atoms with Gasteiger partial charge in [0.2, 0.25) is 0 Å². The zero-order valence-electron chi connectivity index (χ0n) is 10.2. The maximum absolute atomic E-state index is 14.1. The molecule has 0 saturated heterocycles. The van der Waals surface area contributed by atoms with E-state index in [1.165, 1.54) is 32.4 Å². The van der Waals surface area contributed by atoms with Crippen LogP contribution in [0.4, 0.5) is 4.39 Å². The molecule has 6 nitrogen and oxygen atoms in total. The largest absolute Gasteiger partial charge is 0.497 e. The summed E-state index contributed by atoms with van der Waals surface area (Å²) in [4.78, 5) is 10.8. The molecule has 0 aliphatic carbocycles. The Hall–Kier alpha value is -2.57. The summed E-state index contributed by atoms with van der Waals surface area (Å²) in [6.45, 7) is 0. The average molecular weight is 266 g/mol. The first kappa shape index (κ1) is 12.9. The molecule has 0 bridgehead atoms. The normalized spacial score (nSPS) is 10.3. The van der Waals surface area contributed by atoms with E-state index in [0.29, 0.717) is 5.75 Å². The molecule has 2 aromatic rings. The third kappa shape index (κ3) is 2.35. The number of aromatic nitrogens is 2. The van der Waals surface area contributed by atoms with Crippen molar-refractivity contribution in [3.05, 3.63) is 29.7 Å². The van der Waals surface area contributed by atoms with Crippen LogP contribution in [0.1, 0.15) is 10.5 Å². The zero-order valence-corrected chi connectivity index (χ0v) is 10.2. The number of halogens is 1. The number of benzene rings is 1. The Labute approximate surface area is 107 Å². The van der Waals surface area contributed by atoms with E-state index in [2.05, 4.69) is 10.2 Å². The first-order chi connectivity index (χ1) is 9.06. The van der Waals surface area contributed by atoms with Gasteiger partial charge in [-0.3, -0.25) is 5.10 Å². The Kier molecular flexibility index (Phi) is 3.37. The van der Waals surface area contributed by atoms with Gasteiger partial charge < -0.3 is 14.6 Å². The molecule has 0 aliphatic heterocycles. The second kappa shape index (κ2) is 4.97. The van der Waals surface area contributed by atoms with Crippen molar-refractivity contribution in [1.82, 2.24) is 10.2 Å². The number of hydrogen-bond acceptors (Lipinski definition) is 4. The highest BCUT2D eigenvalue weighted by Gasteiger charge is 2.17. The lowest BCUT2D eigenvalue weighted by atomic mass is 10.1. The SMILES string of the molecule is COc1cc(OC)c(F)c(-c2cc(C(=O)O)[nH]n2)c1. The van der Waals surface area contributed by atoms with Crippen LogP contribution in [-0.2, 0) is 0 Å². The number of aromatic amines is 1. The second-order valence-corrected chi connectivity index (χ2v) is 3.66. The summed E-state index contributed by atoms with van der Waals surface area (Å²) in [5.74, 6) is -1.43. The lowest BCUT2D eigenvalue weighted by Crippen LogP contribution is -1.95. The molecule has 0 aliphatic rings. The van der Waals surface area contributed by atoms with Crippen LogP contribution in [0.25, 0.3) is 11.3 Å². The molecule has 100 valence electrons. The number of carbonyl (C=O) groups is 1. The first-order valence-corrected chi connectivity index (χ1v) is 5.27. The number of carboxylic acid groups (broad SMARTS) is 1. The van der Waals surface area contributed by atoms with E-state index >= 15 is 0 Å². The van der Waals surface area contributed by atoms with Gasteiger partial charge in [0.05, 0.1) is 19.9 Å². The minimum atomic E-state index is -1.17. The number of hydrogen-bond donors (Lipinski definition) is 2. The van der Waals surface area contributed by atoms with Crippen LogP contribution < -0.4 is 9.47 Å². The fourth-order valence-electron chi connectivity index (χ4n) is 1.59. The third-order valence-corrected chi connectivity index (χ3v) is 2.55. The summed E-state index contributed by atoms with van der Waals surface area (Å²) in [6, 6.07) is 4.04. The Morgan fingerprint density at radius 3 is 2.58 bits per heavy atom. The molecule has 1 aromatic heterocycles. The third-order valence-electron chi connectivity index (χ3n) is 2.55. The summed E-state index contributed by atoms with van der Waals surface area (Å²) in [7, 11) is 2.76. The van der Waals surface area contributed by atoms with Crippen LogP contribution in [-0.4, -0.2) is 35.5 Å². The van der Waals surface area contributed by atoms with Crippen molar-refractivity contribution in [3.63, 3.8) is 0 Å². The predicted molar refractivity (Wildman–Crippen MR) is 64.0 cm³/mol. The van der Waals surface area contributed by atoms with E-state index in [9.17, 15) is 9.18 Å². The second-order valence-electron chi connectivity index (χ2n) is 3.66. The van der Waals surface area contributed by atoms with Gasteiger partial charge in [-0.1, -0.05) is 0 Å². The molecule has 0 unspecified atom stereocenters. The minimum Gasteiger partial charge on any atom is -0.497 e. The van der Waals surface area contributed by atoms with Gasteiger partial charge in [-0.05, 0) is 12.1 Å². The van der Waals surface area contributed by atoms with Gasteiger partial charge >= 0.3 is 5.97 Å². The summed E-state index contributed by atoms with van der Waals surface area (Å²) >= 11 is 0. The van der Waals surface area contributed by atoms with Gasteiger partial charge in [0.15, 0.2) is 11.6 Å². The Balaban J connectivity index is 2.56. The molecular weight excluding hydrogens is 255 g/mol. The van der Waals surface area contributed by atoms with Crippen molar-refractivity contribution in [3.8, 4) is 22.8 Å². The maximum Gasteiger partial charge on any atom is 0.353 e. The number of H-pyrrole nitrogens is 1. The van der Waals surface area contributed by atoms with Gasteiger partial charge in [-0.2, -0.15) is 5.10 Å². The van der Waals surface area contributed by atoms with Crippen molar-refractivity contribution in [2.24, 2.45) is 0 Å². The standard InChI is InChI=1S/C12H11FN2O4/c1-18-6-3-7(11(13)10(4-6)19-2)8-5-9(12(16)17)15-14-8/h3-5H,1-2H3,(H,14,15)(H,16,17). The van der Waals surface area contributed by atoms with Gasteiger partial charge in [-0.15, -0.1) is 0 Å². The van der Waals surface area contributed by atoms with Crippen LogP contribution in [0.3, 0.4) is 0 Å². The molecule has 1 heterocycles. The molecule has 0 radical (unpaired) electrons. The average Bonchev–Trinajstić information content (AvgIpc) is 2.88. The van der Waals surface area contributed by atoms with Crippen molar-refractivity contribution in [1.29, 1.82) is 0 Å². The molecule has 1 aromatic carbocycles. The summed E-state index contributed by atoms with van der Waals surface area (Å²) in [5.41, 5.74) is 0.128. The van der Waals surface area contributed by atoms with E-state index in [-0.39, 0.29) is 22.7 Å². The number of methoxy groups -OCH3 is 2. The molecule has 0 amide bonds. The van der Waals surface area contributed by atoms with Crippen LogP contribution in [0, 0.1) is 5.82 Å². The smallest absolute Gasteiger partial charge is 0.353 e. The predicted octanol–water partition coefficient (Wildman–Crippen LogP) is 1.93. The van der Waals surface area contributed by atoms with Crippen molar-refractivity contribution in [2.45, 2.75) is 0 Å². The highest BCUT2D eigenvalue weighted by Crippen LogP contribution is 2.33. The van der Waals surface area contributed by atoms with Crippen LogP contribution in [0.2, 0.25) is 0 Å². The van der Waals surface area contributed by atoms with Crippen LogP contribution in [0.5, 0.6) is 11.5 Å². The zero-order chi connectivity index (χ0) is 14.0. The molecular formula is C12H11FN2O4. The van der Waals surface area contributed by atoms with Crippen LogP contribution >= 0.6 is 0 Å². The monoisotopic (exact) mass is 266 g/mol. The Morgan fingerprint density at radius 1 is 1.32 bits per heavy atom. The minimum absolute atomic E-state index is 0.00535. The molecule has 0 atom stereocenters. The van der Waals surface area contributed by atoms with E-state index in [1.807, 2.05) is 0 Å². The quantitative estimate of drug-likeness (QED) is 0.883. The lowest BCUT2D eigenvalue weighted by Gasteiger charge is -2.08. The van der Waals surface area contributed by atoms with Gasteiger partial charge in [-0.25, -0.2) is 9.18 Å². The van der Waals surface area contributed by atoms with Gasteiger partial charge in [0.1, 0.15) is 11.4 Å². The Bertz CT molecular complexity index is 624. The molecule has 0 spiro atoms. The fourth-order valence-corrected chi connectivity index (χ4v) is 1.59. The number of aromatic carboxylic acids is 1. The number of nitrogens with zero attached hydrogens (tertiary/aromatic N) is 1. The van der Waals surface area contributed by atoms with Crippen molar-refractivity contribution < 1.29 is 23.8 Å².